The minimum absolute atomic E-state index is 0.360. The average Bonchev–Trinajstić information content (AvgIpc) is 3.00. The molecule has 6 nitrogen and oxygen atoms in total. The summed E-state index contributed by atoms with van der Waals surface area (Å²) in [5.41, 5.74) is 1.60. The third-order valence-corrected chi connectivity index (χ3v) is 3.79. The zero-order chi connectivity index (χ0) is 16.1. The fourth-order valence-corrected chi connectivity index (χ4v) is 2.50. The SMILES string of the molecule is CCCCNc1ncnc2c1cnn2CC(O)c1ccccc1. The van der Waals surface area contributed by atoms with Crippen LogP contribution in [0.1, 0.15) is 31.4 Å². The molecule has 3 aromatic rings. The lowest BCUT2D eigenvalue weighted by Gasteiger charge is -2.11. The van der Waals surface area contributed by atoms with Crippen molar-refractivity contribution < 1.29 is 5.11 Å². The molecule has 0 fully saturated rings. The van der Waals surface area contributed by atoms with E-state index in [9.17, 15) is 5.11 Å². The quantitative estimate of drug-likeness (QED) is 0.656. The number of fused-ring (bicyclic) bond motifs is 1. The molecule has 2 heterocycles. The van der Waals surface area contributed by atoms with E-state index in [2.05, 4.69) is 27.3 Å². The Balaban J connectivity index is 1.81. The normalized spacial score (nSPS) is 12.4. The molecule has 0 aliphatic rings. The smallest absolute Gasteiger partial charge is 0.163 e. The van der Waals surface area contributed by atoms with Crippen molar-refractivity contribution in [1.29, 1.82) is 0 Å². The summed E-state index contributed by atoms with van der Waals surface area (Å²) in [5.74, 6) is 0.795. The first kappa shape index (κ1) is 15.4. The van der Waals surface area contributed by atoms with E-state index in [-0.39, 0.29) is 0 Å². The highest BCUT2D eigenvalue weighted by atomic mass is 16.3. The highest BCUT2D eigenvalue weighted by molar-refractivity contribution is 5.86. The van der Waals surface area contributed by atoms with Crippen LogP contribution in [0.3, 0.4) is 0 Å². The standard InChI is InChI=1S/C17H21N5O/c1-2-3-9-18-16-14-10-21-22(17(14)20-12-19-16)11-15(23)13-7-5-4-6-8-13/h4-8,10,12,15,23H,2-3,9,11H2,1H3,(H,18,19,20). The summed E-state index contributed by atoms with van der Waals surface area (Å²) in [4.78, 5) is 8.61. The molecule has 0 radical (unpaired) electrons. The second-order valence-corrected chi connectivity index (χ2v) is 5.49. The van der Waals surface area contributed by atoms with Crippen LogP contribution in [0.25, 0.3) is 11.0 Å². The molecule has 0 spiro atoms. The van der Waals surface area contributed by atoms with Gasteiger partial charge in [-0.1, -0.05) is 43.7 Å². The van der Waals surface area contributed by atoms with Crippen molar-refractivity contribution in [3.63, 3.8) is 0 Å². The van der Waals surface area contributed by atoms with Gasteiger partial charge in [0.2, 0.25) is 0 Å². The second-order valence-electron chi connectivity index (χ2n) is 5.49. The molecule has 0 bridgehead atoms. The molecule has 0 aliphatic heterocycles. The van der Waals surface area contributed by atoms with Gasteiger partial charge in [-0.05, 0) is 12.0 Å². The number of nitrogens with one attached hydrogen (secondary N) is 1. The van der Waals surface area contributed by atoms with Crippen molar-refractivity contribution >= 4 is 16.9 Å². The van der Waals surface area contributed by atoms with Crippen LogP contribution in [0.5, 0.6) is 0 Å². The van der Waals surface area contributed by atoms with E-state index >= 15 is 0 Å². The maximum Gasteiger partial charge on any atom is 0.163 e. The number of nitrogens with zero attached hydrogens (tertiary/aromatic N) is 4. The van der Waals surface area contributed by atoms with Crippen LogP contribution in [0.2, 0.25) is 0 Å². The number of hydrogen-bond acceptors (Lipinski definition) is 5. The number of hydrogen-bond donors (Lipinski definition) is 2. The Morgan fingerprint density at radius 2 is 2.04 bits per heavy atom. The van der Waals surface area contributed by atoms with E-state index in [1.165, 1.54) is 6.33 Å². The van der Waals surface area contributed by atoms with Crippen LogP contribution in [-0.4, -0.2) is 31.4 Å². The number of rotatable bonds is 7. The first-order valence-electron chi connectivity index (χ1n) is 7.93. The van der Waals surface area contributed by atoms with Gasteiger partial charge in [0.15, 0.2) is 5.65 Å². The average molecular weight is 311 g/mol. The Morgan fingerprint density at radius 1 is 1.22 bits per heavy atom. The van der Waals surface area contributed by atoms with Crippen molar-refractivity contribution in [2.75, 3.05) is 11.9 Å². The Hall–Kier alpha value is -2.47. The lowest BCUT2D eigenvalue weighted by atomic mass is 10.1. The van der Waals surface area contributed by atoms with Gasteiger partial charge < -0.3 is 10.4 Å². The molecule has 2 aromatic heterocycles. The van der Waals surface area contributed by atoms with E-state index in [0.29, 0.717) is 6.54 Å². The number of unbranched alkanes of at least 4 members (excludes halogenated alkanes) is 1. The molecule has 2 N–H and O–H groups in total. The van der Waals surface area contributed by atoms with Gasteiger partial charge in [0.1, 0.15) is 12.1 Å². The summed E-state index contributed by atoms with van der Waals surface area (Å²) in [6.45, 7) is 3.39. The maximum atomic E-state index is 10.4. The largest absolute Gasteiger partial charge is 0.386 e. The zero-order valence-electron chi connectivity index (χ0n) is 13.2. The fourth-order valence-electron chi connectivity index (χ4n) is 2.50. The molecule has 1 aromatic carbocycles. The number of aliphatic hydroxyl groups excluding tert-OH is 1. The highest BCUT2D eigenvalue weighted by Gasteiger charge is 2.13. The molecule has 3 rings (SSSR count). The van der Waals surface area contributed by atoms with Crippen LogP contribution in [-0.2, 0) is 6.54 Å². The predicted molar refractivity (Wildman–Crippen MR) is 90.1 cm³/mol. The third kappa shape index (κ3) is 3.48. The Morgan fingerprint density at radius 3 is 2.83 bits per heavy atom. The lowest BCUT2D eigenvalue weighted by molar-refractivity contribution is 0.153. The van der Waals surface area contributed by atoms with Gasteiger partial charge in [0.25, 0.3) is 0 Å². The highest BCUT2D eigenvalue weighted by Crippen LogP contribution is 2.21. The van der Waals surface area contributed by atoms with E-state index in [1.54, 1.807) is 10.9 Å². The molecule has 1 unspecified atom stereocenters. The molecule has 6 heteroatoms. The summed E-state index contributed by atoms with van der Waals surface area (Å²) in [6.07, 6.45) is 4.88. The first-order chi connectivity index (χ1) is 11.3. The van der Waals surface area contributed by atoms with Gasteiger partial charge in [0.05, 0.1) is 24.2 Å². The predicted octanol–water partition coefficient (Wildman–Crippen LogP) is 2.77. The lowest BCUT2D eigenvalue weighted by Crippen LogP contribution is -2.10. The molecule has 120 valence electrons. The number of anilines is 1. The van der Waals surface area contributed by atoms with Crippen molar-refractivity contribution in [2.24, 2.45) is 0 Å². The molecule has 0 saturated heterocycles. The molecule has 0 amide bonds. The fraction of sp³-hybridized carbons (Fsp3) is 0.353. The number of benzene rings is 1. The third-order valence-electron chi connectivity index (χ3n) is 3.79. The van der Waals surface area contributed by atoms with Gasteiger partial charge in [-0.25, -0.2) is 14.6 Å². The topological polar surface area (TPSA) is 75.9 Å². The molecular formula is C17H21N5O. The van der Waals surface area contributed by atoms with E-state index in [1.807, 2.05) is 30.3 Å². The van der Waals surface area contributed by atoms with E-state index < -0.39 is 6.10 Å². The van der Waals surface area contributed by atoms with Gasteiger partial charge in [-0.2, -0.15) is 5.10 Å². The van der Waals surface area contributed by atoms with Crippen LogP contribution < -0.4 is 5.32 Å². The van der Waals surface area contributed by atoms with Crippen molar-refractivity contribution in [3.8, 4) is 0 Å². The summed E-state index contributed by atoms with van der Waals surface area (Å²) in [7, 11) is 0. The maximum absolute atomic E-state index is 10.4. The van der Waals surface area contributed by atoms with Crippen molar-refractivity contribution in [1.82, 2.24) is 19.7 Å². The van der Waals surface area contributed by atoms with Crippen LogP contribution in [0.15, 0.2) is 42.9 Å². The van der Waals surface area contributed by atoms with Gasteiger partial charge in [0, 0.05) is 6.54 Å². The summed E-state index contributed by atoms with van der Waals surface area (Å²) < 4.78 is 1.72. The molecule has 0 saturated carbocycles. The van der Waals surface area contributed by atoms with Gasteiger partial charge >= 0.3 is 0 Å². The van der Waals surface area contributed by atoms with Crippen molar-refractivity contribution in [2.45, 2.75) is 32.4 Å². The number of aromatic nitrogens is 4. The number of aliphatic hydroxyl groups is 1. The van der Waals surface area contributed by atoms with E-state index in [0.717, 1.165) is 41.8 Å². The first-order valence-corrected chi connectivity index (χ1v) is 7.93. The second kappa shape index (κ2) is 7.19. The minimum Gasteiger partial charge on any atom is -0.386 e. The van der Waals surface area contributed by atoms with Crippen LogP contribution in [0.4, 0.5) is 5.82 Å². The Bertz CT molecular complexity index is 756. The zero-order valence-corrected chi connectivity index (χ0v) is 13.2. The minimum atomic E-state index is -0.620. The van der Waals surface area contributed by atoms with E-state index in [4.69, 9.17) is 0 Å². The Kier molecular flexibility index (Phi) is 4.83. The molecule has 0 aliphatic carbocycles. The summed E-state index contributed by atoms with van der Waals surface area (Å²) in [6, 6.07) is 9.57. The summed E-state index contributed by atoms with van der Waals surface area (Å²) in [5, 5.41) is 18.9. The summed E-state index contributed by atoms with van der Waals surface area (Å²) >= 11 is 0. The monoisotopic (exact) mass is 311 g/mol. The molecular weight excluding hydrogens is 290 g/mol. The Labute approximate surface area is 135 Å². The van der Waals surface area contributed by atoms with Crippen LogP contribution in [0, 0.1) is 0 Å². The van der Waals surface area contributed by atoms with Crippen LogP contribution >= 0.6 is 0 Å². The van der Waals surface area contributed by atoms with Crippen molar-refractivity contribution in [3.05, 3.63) is 48.4 Å². The molecule has 1 atom stereocenters. The molecule has 23 heavy (non-hydrogen) atoms. The van der Waals surface area contributed by atoms with Gasteiger partial charge in [-0.3, -0.25) is 0 Å². The van der Waals surface area contributed by atoms with Gasteiger partial charge in [-0.15, -0.1) is 0 Å².